The number of piperazine rings is 1. The Bertz CT molecular complexity index is 1270. The van der Waals surface area contributed by atoms with Crippen molar-refractivity contribution in [2.45, 2.75) is 38.6 Å². The number of halogens is 2. The highest BCUT2D eigenvalue weighted by atomic mass is 35.5. The summed E-state index contributed by atoms with van der Waals surface area (Å²) in [6.07, 6.45) is 1.44. The van der Waals surface area contributed by atoms with Gasteiger partial charge >= 0.3 is 5.97 Å². The Morgan fingerprint density at radius 1 is 1.09 bits per heavy atom. The van der Waals surface area contributed by atoms with Gasteiger partial charge in [-0.25, -0.2) is 0 Å². The molecule has 2 aliphatic rings. The van der Waals surface area contributed by atoms with E-state index in [1.54, 1.807) is 36.5 Å². The normalized spacial score (nSPS) is 17.7. The van der Waals surface area contributed by atoms with E-state index in [0.717, 1.165) is 30.1 Å². The van der Waals surface area contributed by atoms with Gasteiger partial charge in [0.05, 0.1) is 32.8 Å². The molecular formula is C31H40Cl2N4O6S. The molecule has 2 aliphatic heterocycles. The minimum atomic E-state index is -0.978. The van der Waals surface area contributed by atoms with E-state index in [9.17, 15) is 19.2 Å². The molecule has 2 aromatic rings. The lowest BCUT2D eigenvalue weighted by atomic mass is 10.0. The Hall–Kier alpha value is -2.70. The van der Waals surface area contributed by atoms with E-state index in [-0.39, 0.29) is 50.4 Å². The van der Waals surface area contributed by atoms with Crippen molar-refractivity contribution in [3.05, 3.63) is 56.2 Å². The fourth-order valence-electron chi connectivity index (χ4n) is 5.44. The number of rotatable bonds is 15. The summed E-state index contributed by atoms with van der Waals surface area (Å²) in [6, 6.07) is 8.13. The first-order valence-corrected chi connectivity index (χ1v) is 16.7. The number of amides is 3. The molecule has 0 bridgehead atoms. The molecule has 1 aromatic heterocycles. The van der Waals surface area contributed by atoms with E-state index in [4.69, 9.17) is 32.7 Å². The molecule has 0 radical (unpaired) electrons. The van der Waals surface area contributed by atoms with Crippen LogP contribution < -0.4 is 0 Å². The topological polar surface area (TPSA) is 99.7 Å². The summed E-state index contributed by atoms with van der Waals surface area (Å²) in [6.45, 7) is 6.28. The van der Waals surface area contributed by atoms with E-state index in [1.165, 1.54) is 14.7 Å². The standard InChI is InChI=1S/C31H40Cl2N4O6S/c1-2-43-30(40)22-35(11-4-10-34-14-16-42-17-15-34)28(38)20-27-31(41)36(12-8-23-6-7-24(32)19-26(23)33)21-29(39)37(27)13-9-25-5-3-18-44-25/h3,5-7,18-19,27H,2,4,8-17,20-22H2,1H3. The Kier molecular flexibility index (Phi) is 13.3. The van der Waals surface area contributed by atoms with Crippen molar-refractivity contribution in [3.63, 3.8) is 0 Å². The van der Waals surface area contributed by atoms with Crippen LogP contribution in [0.25, 0.3) is 0 Å². The van der Waals surface area contributed by atoms with Gasteiger partial charge in [-0.15, -0.1) is 11.3 Å². The van der Waals surface area contributed by atoms with E-state index >= 15 is 0 Å². The Labute approximate surface area is 272 Å². The molecule has 1 aromatic carbocycles. The fourth-order valence-corrected chi connectivity index (χ4v) is 6.64. The van der Waals surface area contributed by atoms with E-state index in [1.807, 2.05) is 17.5 Å². The number of hydrogen-bond acceptors (Lipinski definition) is 8. The van der Waals surface area contributed by atoms with Crippen molar-refractivity contribution in [2.24, 2.45) is 0 Å². The average molecular weight is 668 g/mol. The number of benzene rings is 1. The van der Waals surface area contributed by atoms with Gasteiger partial charge < -0.3 is 24.2 Å². The van der Waals surface area contributed by atoms with Gasteiger partial charge in [0.25, 0.3) is 0 Å². The molecule has 44 heavy (non-hydrogen) atoms. The first kappa shape index (κ1) is 34.2. The minimum absolute atomic E-state index is 0.0781. The van der Waals surface area contributed by atoms with Crippen LogP contribution in [0.5, 0.6) is 0 Å². The molecule has 3 amide bonds. The molecule has 240 valence electrons. The summed E-state index contributed by atoms with van der Waals surface area (Å²) in [7, 11) is 0. The zero-order valence-electron chi connectivity index (χ0n) is 25.1. The lowest BCUT2D eigenvalue weighted by molar-refractivity contribution is -0.159. The molecule has 2 fully saturated rings. The molecule has 0 spiro atoms. The highest BCUT2D eigenvalue weighted by Gasteiger charge is 2.41. The van der Waals surface area contributed by atoms with Crippen LogP contribution in [0.3, 0.4) is 0 Å². The van der Waals surface area contributed by atoms with Crippen molar-refractivity contribution in [1.82, 2.24) is 19.6 Å². The second kappa shape index (κ2) is 17.1. The zero-order chi connectivity index (χ0) is 31.5. The maximum Gasteiger partial charge on any atom is 0.325 e. The molecule has 4 rings (SSSR count). The molecule has 0 aliphatic carbocycles. The summed E-state index contributed by atoms with van der Waals surface area (Å²) >= 11 is 14.0. The van der Waals surface area contributed by atoms with Crippen LogP contribution in [0.4, 0.5) is 0 Å². The van der Waals surface area contributed by atoms with Crippen LogP contribution in [0.1, 0.15) is 30.2 Å². The summed E-state index contributed by atoms with van der Waals surface area (Å²) in [4.78, 5) is 61.4. The summed E-state index contributed by atoms with van der Waals surface area (Å²) in [5.41, 5.74) is 0.810. The molecule has 10 nitrogen and oxygen atoms in total. The molecule has 2 saturated heterocycles. The minimum Gasteiger partial charge on any atom is -0.465 e. The van der Waals surface area contributed by atoms with Crippen molar-refractivity contribution in [2.75, 3.05) is 72.2 Å². The van der Waals surface area contributed by atoms with Crippen LogP contribution in [0.15, 0.2) is 35.7 Å². The van der Waals surface area contributed by atoms with E-state index in [2.05, 4.69) is 4.90 Å². The number of carbonyl (C=O) groups excluding carboxylic acids is 4. The third kappa shape index (κ3) is 9.90. The van der Waals surface area contributed by atoms with E-state index in [0.29, 0.717) is 55.6 Å². The number of morpholine rings is 1. The van der Waals surface area contributed by atoms with Gasteiger partial charge in [0, 0.05) is 54.2 Å². The SMILES string of the molecule is CCOC(=O)CN(CCCN1CCOCC1)C(=O)CC1C(=O)N(CCc2ccc(Cl)cc2Cl)CC(=O)N1CCc1cccs1. The van der Waals surface area contributed by atoms with Gasteiger partial charge in [0.2, 0.25) is 17.7 Å². The first-order valence-electron chi connectivity index (χ1n) is 15.0. The predicted octanol–water partition coefficient (Wildman–Crippen LogP) is 3.38. The van der Waals surface area contributed by atoms with Crippen LogP contribution >= 0.6 is 34.5 Å². The van der Waals surface area contributed by atoms with Gasteiger partial charge in [0.15, 0.2) is 0 Å². The third-order valence-corrected chi connectivity index (χ3v) is 9.34. The highest BCUT2D eigenvalue weighted by molar-refractivity contribution is 7.09. The lowest BCUT2D eigenvalue weighted by Gasteiger charge is -2.40. The number of carbonyl (C=O) groups is 4. The van der Waals surface area contributed by atoms with Gasteiger partial charge in [0.1, 0.15) is 12.6 Å². The largest absolute Gasteiger partial charge is 0.465 e. The average Bonchev–Trinajstić information content (AvgIpc) is 3.52. The van der Waals surface area contributed by atoms with Crippen LogP contribution in [0, 0.1) is 0 Å². The van der Waals surface area contributed by atoms with Crippen LogP contribution in [0.2, 0.25) is 10.0 Å². The Morgan fingerprint density at radius 3 is 2.59 bits per heavy atom. The Morgan fingerprint density at radius 2 is 1.89 bits per heavy atom. The Balaban J connectivity index is 1.48. The highest BCUT2D eigenvalue weighted by Crippen LogP contribution is 2.24. The second-order valence-electron chi connectivity index (χ2n) is 10.8. The van der Waals surface area contributed by atoms with Crippen molar-refractivity contribution < 1.29 is 28.7 Å². The summed E-state index contributed by atoms with van der Waals surface area (Å²) in [5.74, 6) is -1.38. The third-order valence-electron chi connectivity index (χ3n) is 7.82. The number of nitrogens with zero attached hydrogens (tertiary/aromatic N) is 4. The van der Waals surface area contributed by atoms with Crippen molar-refractivity contribution >= 4 is 58.2 Å². The molecule has 0 saturated carbocycles. The van der Waals surface area contributed by atoms with Crippen LogP contribution in [-0.4, -0.2) is 122 Å². The van der Waals surface area contributed by atoms with Crippen molar-refractivity contribution in [1.29, 1.82) is 0 Å². The number of ether oxygens (including phenoxy) is 2. The van der Waals surface area contributed by atoms with E-state index < -0.39 is 12.0 Å². The number of thiophene rings is 1. The van der Waals surface area contributed by atoms with Gasteiger partial charge in [-0.05, 0) is 55.3 Å². The first-order chi connectivity index (χ1) is 21.2. The van der Waals surface area contributed by atoms with Gasteiger partial charge in [-0.3, -0.25) is 24.1 Å². The molecular weight excluding hydrogens is 627 g/mol. The maximum atomic E-state index is 13.9. The molecule has 3 heterocycles. The molecule has 1 atom stereocenters. The monoisotopic (exact) mass is 666 g/mol. The number of hydrogen-bond donors (Lipinski definition) is 0. The fraction of sp³-hybridized carbons (Fsp3) is 0.548. The smallest absolute Gasteiger partial charge is 0.325 e. The second-order valence-corrected chi connectivity index (χ2v) is 12.7. The van der Waals surface area contributed by atoms with Gasteiger partial charge in [-0.2, -0.15) is 0 Å². The predicted molar refractivity (Wildman–Crippen MR) is 170 cm³/mol. The molecule has 0 N–H and O–H groups in total. The van der Waals surface area contributed by atoms with Crippen molar-refractivity contribution in [3.8, 4) is 0 Å². The maximum absolute atomic E-state index is 13.9. The molecule has 13 heteroatoms. The summed E-state index contributed by atoms with van der Waals surface area (Å²) in [5, 5.41) is 2.97. The zero-order valence-corrected chi connectivity index (χ0v) is 27.4. The van der Waals surface area contributed by atoms with Gasteiger partial charge in [-0.1, -0.05) is 35.3 Å². The molecule has 1 unspecified atom stereocenters. The lowest BCUT2D eigenvalue weighted by Crippen LogP contribution is -2.61. The van der Waals surface area contributed by atoms with Crippen LogP contribution in [-0.2, 0) is 41.5 Å². The quantitative estimate of drug-likeness (QED) is 0.269. The summed E-state index contributed by atoms with van der Waals surface area (Å²) < 4.78 is 10.6. The number of esters is 1.